The van der Waals surface area contributed by atoms with E-state index in [9.17, 15) is 5.11 Å². The fourth-order valence-corrected chi connectivity index (χ4v) is 1.51. The molecule has 8 heteroatoms. The molecule has 3 N–H and O–H groups in total. The van der Waals surface area contributed by atoms with Gasteiger partial charge in [-0.1, -0.05) is 0 Å². The lowest BCUT2D eigenvalue weighted by atomic mass is 10.1. The number of furan rings is 1. The average Bonchev–Trinajstić information content (AvgIpc) is 3.01. The maximum absolute atomic E-state index is 10.5. The first-order chi connectivity index (χ1) is 8.63. The molecule has 1 aromatic heterocycles. The van der Waals surface area contributed by atoms with Crippen molar-refractivity contribution >= 4 is 0 Å². The van der Waals surface area contributed by atoms with E-state index in [1.165, 1.54) is 12.5 Å². The average molecular weight is 261 g/mol. The number of fused-ring (bicyclic) bond motifs is 1. The molecule has 3 rings (SSSR count). The fourth-order valence-electron chi connectivity index (χ4n) is 1.51. The topological polar surface area (TPSA) is 125 Å². The summed E-state index contributed by atoms with van der Waals surface area (Å²) in [5.74, 6) is 1.40. The molecule has 2 aliphatic rings. The molecule has 0 saturated carbocycles. The second-order valence-electron chi connectivity index (χ2n) is 3.71. The number of ether oxygens (including phenoxy) is 3. The molecule has 3 heterocycles. The molecule has 0 amide bonds. The molecule has 0 aliphatic carbocycles. The van der Waals surface area contributed by atoms with Gasteiger partial charge in [0.1, 0.15) is 24.7 Å². The van der Waals surface area contributed by atoms with Crippen molar-refractivity contribution in [3.05, 3.63) is 12.5 Å². The molecular weight excluding hydrogens is 248 g/mol. The monoisotopic (exact) mass is 261 g/mol. The fraction of sp³-hybridized carbons (Fsp3) is 0.600. The number of aliphatic hydroxyl groups excluding tert-OH is 3. The molecule has 0 radical (unpaired) electrons. The van der Waals surface area contributed by atoms with Crippen LogP contribution in [0.3, 0.4) is 0 Å². The van der Waals surface area contributed by atoms with Crippen molar-refractivity contribution in [3.63, 3.8) is 0 Å². The van der Waals surface area contributed by atoms with E-state index in [-0.39, 0.29) is 0 Å². The van der Waals surface area contributed by atoms with Crippen molar-refractivity contribution in [1.82, 2.24) is 0 Å². The summed E-state index contributed by atoms with van der Waals surface area (Å²) < 4.78 is 19.0. The van der Waals surface area contributed by atoms with Crippen LogP contribution in [0.4, 0.5) is 0 Å². The van der Waals surface area contributed by atoms with Gasteiger partial charge in [0.05, 0.1) is 12.7 Å². The molecule has 1 fully saturated rings. The predicted octanol–water partition coefficient (Wildman–Crippen LogP) is -2.21. The highest BCUT2D eigenvalue weighted by atomic mass is 16.7. The number of hydrogen-bond donors (Lipinski definition) is 3. The number of aliphatic hydroxyl groups is 3. The van der Waals surface area contributed by atoms with Crippen molar-refractivity contribution in [2.45, 2.75) is 24.6 Å². The minimum atomic E-state index is -1.63. The van der Waals surface area contributed by atoms with Gasteiger partial charge >= 0.3 is 0 Å². The molecule has 0 bridgehead atoms. The smallest absolute Gasteiger partial charge is 0.231 e. The van der Waals surface area contributed by atoms with Crippen LogP contribution in [0.5, 0.6) is 11.5 Å². The van der Waals surface area contributed by atoms with Crippen LogP contribution in [0, 0.1) is 0 Å². The highest BCUT2D eigenvalue weighted by molar-refractivity contribution is 5.36. The summed E-state index contributed by atoms with van der Waals surface area (Å²) in [7, 11) is 0. The van der Waals surface area contributed by atoms with E-state index in [0.29, 0.717) is 18.3 Å². The van der Waals surface area contributed by atoms with Crippen LogP contribution in [0.25, 0.3) is 0 Å². The van der Waals surface area contributed by atoms with Gasteiger partial charge in [-0.3, -0.25) is 0 Å². The zero-order chi connectivity index (χ0) is 13.1. The summed E-state index contributed by atoms with van der Waals surface area (Å²) in [4.78, 5) is 0. The van der Waals surface area contributed by atoms with Gasteiger partial charge in [-0.25, -0.2) is 0 Å². The first-order valence-electron chi connectivity index (χ1n) is 5.23. The Labute approximate surface area is 102 Å². The summed E-state index contributed by atoms with van der Waals surface area (Å²) >= 11 is 0. The van der Waals surface area contributed by atoms with E-state index in [4.69, 9.17) is 29.2 Å². The van der Waals surface area contributed by atoms with Gasteiger partial charge < -0.3 is 39.1 Å². The van der Waals surface area contributed by atoms with Crippen molar-refractivity contribution in [2.75, 3.05) is 13.4 Å². The number of hydrogen-bond acceptors (Lipinski definition) is 8. The quantitative estimate of drug-likeness (QED) is 0.520. The molecule has 102 valence electrons. The standard InChI is InChI=1S/C5H9O5.C5H4O3/c6-1-2-3(7)4(8)5(9)10-2;1-4-5(2-6-1)8-3-7-4/h2-8H,1H2;1-2H,3H2/q-1;/t2-,3-,4-,5-;/m1./s1. The zero-order valence-electron chi connectivity index (χ0n) is 9.26. The molecular formula is C10H13O8-. The molecule has 0 spiro atoms. The van der Waals surface area contributed by atoms with Crippen LogP contribution >= 0.6 is 0 Å². The minimum absolute atomic E-state index is 0.320. The SMILES string of the molecule is [O-][C@@H]1O[C@H](CO)[C@@H](O)[C@H]1O.c1occ2c1OCO2. The van der Waals surface area contributed by atoms with Gasteiger partial charge in [0.2, 0.25) is 18.3 Å². The van der Waals surface area contributed by atoms with E-state index in [2.05, 4.69) is 4.74 Å². The maximum Gasteiger partial charge on any atom is 0.231 e. The molecule has 0 aromatic carbocycles. The normalized spacial score (nSPS) is 33.1. The third-order valence-corrected chi connectivity index (χ3v) is 2.52. The summed E-state index contributed by atoms with van der Waals surface area (Å²) in [5.41, 5.74) is 0. The lowest BCUT2D eigenvalue weighted by Crippen LogP contribution is -2.39. The molecule has 0 unspecified atom stereocenters. The van der Waals surface area contributed by atoms with Crippen LogP contribution in [0.15, 0.2) is 16.9 Å². The Bertz CT molecular complexity index is 359. The van der Waals surface area contributed by atoms with Crippen molar-refractivity contribution in [3.8, 4) is 11.5 Å². The Morgan fingerprint density at radius 1 is 1.17 bits per heavy atom. The first-order valence-corrected chi connectivity index (χ1v) is 5.23. The highest BCUT2D eigenvalue weighted by Gasteiger charge is 2.36. The summed E-state index contributed by atoms with van der Waals surface area (Å²) in [6.07, 6.45) is -2.21. The van der Waals surface area contributed by atoms with E-state index in [0.717, 1.165) is 0 Å². The second-order valence-corrected chi connectivity index (χ2v) is 3.71. The Balaban J connectivity index is 0.000000136. The van der Waals surface area contributed by atoms with Crippen LogP contribution in [0.2, 0.25) is 0 Å². The van der Waals surface area contributed by atoms with Gasteiger partial charge in [0.25, 0.3) is 0 Å². The van der Waals surface area contributed by atoms with Crippen molar-refractivity contribution < 1.29 is 39.1 Å². The lowest BCUT2D eigenvalue weighted by Gasteiger charge is -2.18. The molecule has 1 aromatic rings. The van der Waals surface area contributed by atoms with Crippen LogP contribution in [0.1, 0.15) is 0 Å². The lowest BCUT2D eigenvalue weighted by molar-refractivity contribution is -0.498. The summed E-state index contributed by atoms with van der Waals surface area (Å²) in [6, 6.07) is 0. The Morgan fingerprint density at radius 2 is 1.78 bits per heavy atom. The van der Waals surface area contributed by atoms with Crippen molar-refractivity contribution in [2.24, 2.45) is 0 Å². The van der Waals surface area contributed by atoms with Gasteiger partial charge in [0, 0.05) is 6.29 Å². The molecule has 18 heavy (non-hydrogen) atoms. The Morgan fingerprint density at radius 3 is 2.17 bits per heavy atom. The van der Waals surface area contributed by atoms with Gasteiger partial charge in [-0.2, -0.15) is 0 Å². The Hall–Kier alpha value is -1.32. The Kier molecular flexibility index (Phi) is 4.04. The third-order valence-electron chi connectivity index (χ3n) is 2.52. The predicted molar refractivity (Wildman–Crippen MR) is 52.6 cm³/mol. The zero-order valence-corrected chi connectivity index (χ0v) is 9.26. The van der Waals surface area contributed by atoms with E-state index in [1.54, 1.807) is 0 Å². The molecule has 1 saturated heterocycles. The summed E-state index contributed by atoms with van der Waals surface area (Å²) in [6.45, 7) is -0.127. The summed E-state index contributed by atoms with van der Waals surface area (Å²) in [5, 5.41) is 36.6. The van der Waals surface area contributed by atoms with Crippen LogP contribution < -0.4 is 14.6 Å². The van der Waals surface area contributed by atoms with Crippen LogP contribution in [-0.2, 0) is 4.74 Å². The van der Waals surface area contributed by atoms with Gasteiger partial charge in [-0.05, 0) is 0 Å². The van der Waals surface area contributed by atoms with E-state index < -0.39 is 31.2 Å². The van der Waals surface area contributed by atoms with E-state index in [1.807, 2.05) is 0 Å². The first kappa shape index (κ1) is 13.1. The largest absolute Gasteiger partial charge is 0.829 e. The maximum atomic E-state index is 10.5. The van der Waals surface area contributed by atoms with Crippen LogP contribution in [-0.4, -0.2) is 53.3 Å². The van der Waals surface area contributed by atoms with Gasteiger partial charge in [-0.15, -0.1) is 0 Å². The van der Waals surface area contributed by atoms with Gasteiger partial charge in [0.15, 0.2) is 0 Å². The molecule has 2 aliphatic heterocycles. The second kappa shape index (κ2) is 5.55. The third kappa shape index (κ3) is 2.57. The highest BCUT2D eigenvalue weighted by Crippen LogP contribution is 2.32. The van der Waals surface area contributed by atoms with E-state index >= 15 is 0 Å². The minimum Gasteiger partial charge on any atom is -0.829 e. The molecule has 8 nitrogen and oxygen atoms in total. The van der Waals surface area contributed by atoms with Crippen molar-refractivity contribution in [1.29, 1.82) is 0 Å². The molecule has 4 atom stereocenters. The number of rotatable bonds is 1.